The van der Waals surface area contributed by atoms with Gasteiger partial charge in [-0.2, -0.15) is 0 Å². The first-order valence-electron chi connectivity index (χ1n) is 11.8. The number of hydrogen-bond donors (Lipinski definition) is 2. The van der Waals surface area contributed by atoms with Crippen LogP contribution in [0.3, 0.4) is 0 Å². The molecule has 2 aromatic carbocycles. The van der Waals surface area contributed by atoms with Gasteiger partial charge in [-0.05, 0) is 42.7 Å². The first-order valence-corrected chi connectivity index (χ1v) is 11.8. The molecule has 9 heteroatoms. The lowest BCUT2D eigenvalue weighted by molar-refractivity contribution is -0.205. The number of amides is 4. The Labute approximate surface area is 204 Å². The summed E-state index contributed by atoms with van der Waals surface area (Å²) in [5.74, 6) is -2.90. The standard InChI is InChI=1S/C26H31N3O6/c1-4-26(3,25(34)35-29-22(31)11-12-23(29)32)16-17(2)24(33)27-14-13-21(30)28-20-10-9-18-7-5-6-8-19(18)15-20/h5-10,15,17H,4,11-14,16H2,1-3H3,(H,27,33)(H,28,30). The summed E-state index contributed by atoms with van der Waals surface area (Å²) in [6, 6.07) is 13.5. The predicted molar refractivity (Wildman–Crippen MR) is 130 cm³/mol. The van der Waals surface area contributed by atoms with Gasteiger partial charge in [-0.15, -0.1) is 5.06 Å². The molecule has 0 aromatic heterocycles. The van der Waals surface area contributed by atoms with Crippen molar-refractivity contribution in [2.75, 3.05) is 11.9 Å². The van der Waals surface area contributed by atoms with Crippen molar-refractivity contribution in [3.05, 3.63) is 42.5 Å². The number of nitrogens with one attached hydrogen (secondary N) is 2. The van der Waals surface area contributed by atoms with Crippen molar-refractivity contribution in [2.45, 2.75) is 52.9 Å². The molecule has 1 saturated heterocycles. The number of carbonyl (C=O) groups excluding carboxylic acids is 5. The lowest BCUT2D eigenvalue weighted by atomic mass is 9.79. The zero-order valence-electron chi connectivity index (χ0n) is 20.3. The molecule has 0 saturated carbocycles. The molecule has 2 atom stereocenters. The number of nitrogens with zero attached hydrogens (tertiary/aromatic N) is 1. The van der Waals surface area contributed by atoms with Gasteiger partial charge in [-0.25, -0.2) is 4.79 Å². The van der Waals surface area contributed by atoms with Gasteiger partial charge in [-0.3, -0.25) is 19.2 Å². The molecule has 2 unspecified atom stereocenters. The van der Waals surface area contributed by atoms with Crippen LogP contribution in [0, 0.1) is 11.3 Å². The maximum Gasteiger partial charge on any atom is 0.339 e. The van der Waals surface area contributed by atoms with Crippen LogP contribution in [0.5, 0.6) is 0 Å². The zero-order chi connectivity index (χ0) is 25.6. The molecule has 9 nitrogen and oxygen atoms in total. The summed E-state index contributed by atoms with van der Waals surface area (Å²) in [5.41, 5.74) is -0.381. The van der Waals surface area contributed by atoms with E-state index in [-0.39, 0.29) is 44.0 Å². The van der Waals surface area contributed by atoms with Crippen LogP contribution in [0.15, 0.2) is 42.5 Å². The highest BCUT2D eigenvalue weighted by molar-refractivity contribution is 6.01. The molecule has 0 aliphatic carbocycles. The molecule has 3 rings (SSSR count). The minimum Gasteiger partial charge on any atom is -0.355 e. The number of rotatable bonds is 10. The number of anilines is 1. The second-order valence-corrected chi connectivity index (χ2v) is 9.13. The molecular weight excluding hydrogens is 450 g/mol. The molecule has 1 aliphatic rings. The summed E-state index contributed by atoms with van der Waals surface area (Å²) in [6.07, 6.45) is 0.642. The monoisotopic (exact) mass is 481 g/mol. The maximum atomic E-state index is 12.7. The van der Waals surface area contributed by atoms with E-state index in [2.05, 4.69) is 10.6 Å². The first-order chi connectivity index (χ1) is 16.6. The van der Waals surface area contributed by atoms with Crippen LogP contribution in [-0.2, 0) is 28.8 Å². The Bertz CT molecular complexity index is 1130. The summed E-state index contributed by atoms with van der Waals surface area (Å²) in [4.78, 5) is 66.2. The van der Waals surface area contributed by atoms with Gasteiger partial charge in [0.05, 0.1) is 5.41 Å². The number of hydroxylamine groups is 2. The molecular formula is C26H31N3O6. The van der Waals surface area contributed by atoms with E-state index in [1.807, 2.05) is 42.5 Å². The van der Waals surface area contributed by atoms with Gasteiger partial charge in [0.25, 0.3) is 11.8 Å². The van der Waals surface area contributed by atoms with Crippen molar-refractivity contribution in [3.63, 3.8) is 0 Å². The molecule has 35 heavy (non-hydrogen) atoms. The first kappa shape index (κ1) is 25.9. The van der Waals surface area contributed by atoms with Crippen molar-refractivity contribution < 1.29 is 28.8 Å². The Morgan fingerprint density at radius 1 is 1.06 bits per heavy atom. The number of hydrogen-bond acceptors (Lipinski definition) is 6. The van der Waals surface area contributed by atoms with Gasteiger partial charge in [0.2, 0.25) is 11.8 Å². The molecule has 0 radical (unpaired) electrons. The summed E-state index contributed by atoms with van der Waals surface area (Å²) < 4.78 is 0. The zero-order valence-corrected chi connectivity index (χ0v) is 20.3. The topological polar surface area (TPSA) is 122 Å². The quantitative estimate of drug-likeness (QED) is 0.502. The van der Waals surface area contributed by atoms with E-state index >= 15 is 0 Å². The Morgan fingerprint density at radius 2 is 1.71 bits per heavy atom. The van der Waals surface area contributed by atoms with Gasteiger partial charge in [0.15, 0.2) is 0 Å². The smallest absolute Gasteiger partial charge is 0.339 e. The Balaban J connectivity index is 1.46. The van der Waals surface area contributed by atoms with Crippen LogP contribution in [0.2, 0.25) is 0 Å². The largest absolute Gasteiger partial charge is 0.355 e. The molecule has 1 aliphatic heterocycles. The third-order valence-corrected chi connectivity index (χ3v) is 6.34. The normalized spacial score (nSPS) is 16.0. The van der Waals surface area contributed by atoms with Gasteiger partial charge in [0, 0.05) is 37.4 Å². The number of benzene rings is 2. The van der Waals surface area contributed by atoms with Gasteiger partial charge < -0.3 is 15.5 Å². The third kappa shape index (κ3) is 6.44. The predicted octanol–water partition coefficient (Wildman–Crippen LogP) is 3.33. The second kappa shape index (κ2) is 11.1. The van der Waals surface area contributed by atoms with E-state index in [9.17, 15) is 24.0 Å². The third-order valence-electron chi connectivity index (χ3n) is 6.34. The Hall–Kier alpha value is -3.75. The minimum absolute atomic E-state index is 0.0161. The lowest BCUT2D eigenvalue weighted by Crippen LogP contribution is -2.41. The average molecular weight is 482 g/mol. The molecule has 1 heterocycles. The Kier molecular flexibility index (Phi) is 8.22. The molecule has 2 N–H and O–H groups in total. The van der Waals surface area contributed by atoms with Crippen LogP contribution in [0.25, 0.3) is 10.8 Å². The van der Waals surface area contributed by atoms with E-state index in [0.29, 0.717) is 17.2 Å². The minimum atomic E-state index is -1.06. The van der Waals surface area contributed by atoms with Crippen LogP contribution < -0.4 is 10.6 Å². The molecule has 0 spiro atoms. The highest BCUT2D eigenvalue weighted by Crippen LogP contribution is 2.32. The van der Waals surface area contributed by atoms with E-state index in [4.69, 9.17) is 4.84 Å². The van der Waals surface area contributed by atoms with Crippen molar-refractivity contribution >= 4 is 46.1 Å². The summed E-state index contributed by atoms with van der Waals surface area (Å²) in [6.45, 7) is 5.24. The highest BCUT2D eigenvalue weighted by Gasteiger charge is 2.41. The van der Waals surface area contributed by atoms with Crippen molar-refractivity contribution in [1.29, 1.82) is 0 Å². The SMILES string of the molecule is CCC(C)(CC(C)C(=O)NCCC(=O)Nc1ccc2ccccc2c1)C(=O)ON1C(=O)CCC1=O. The average Bonchev–Trinajstić information content (AvgIpc) is 3.15. The second-order valence-electron chi connectivity index (χ2n) is 9.13. The maximum absolute atomic E-state index is 12.7. The molecule has 4 amide bonds. The van der Waals surface area contributed by atoms with Crippen LogP contribution in [0.1, 0.15) is 52.9 Å². The summed E-state index contributed by atoms with van der Waals surface area (Å²) in [5, 5.41) is 8.18. The number of imide groups is 1. The molecule has 0 bridgehead atoms. The number of carbonyl (C=O) groups is 5. The Morgan fingerprint density at radius 3 is 2.37 bits per heavy atom. The van der Waals surface area contributed by atoms with E-state index in [1.165, 1.54) is 0 Å². The van der Waals surface area contributed by atoms with Gasteiger partial charge in [0.1, 0.15) is 0 Å². The van der Waals surface area contributed by atoms with Gasteiger partial charge in [-0.1, -0.05) is 44.2 Å². The molecule has 2 aromatic rings. The highest BCUT2D eigenvalue weighted by atomic mass is 16.7. The van der Waals surface area contributed by atoms with Crippen molar-refractivity contribution in [2.24, 2.45) is 11.3 Å². The fourth-order valence-electron chi connectivity index (χ4n) is 3.96. The van der Waals surface area contributed by atoms with Crippen molar-refractivity contribution in [3.8, 4) is 0 Å². The summed E-state index contributed by atoms with van der Waals surface area (Å²) in [7, 11) is 0. The number of fused-ring (bicyclic) bond motifs is 1. The lowest BCUT2D eigenvalue weighted by Gasteiger charge is -2.29. The van der Waals surface area contributed by atoms with Crippen LogP contribution in [-0.4, -0.2) is 41.2 Å². The van der Waals surface area contributed by atoms with E-state index in [0.717, 1.165) is 10.8 Å². The van der Waals surface area contributed by atoms with E-state index in [1.54, 1.807) is 20.8 Å². The molecule has 1 fully saturated rings. The van der Waals surface area contributed by atoms with E-state index < -0.39 is 29.1 Å². The molecule has 186 valence electrons. The van der Waals surface area contributed by atoms with Crippen LogP contribution in [0.4, 0.5) is 5.69 Å². The fourth-order valence-corrected chi connectivity index (χ4v) is 3.96. The fraction of sp³-hybridized carbons (Fsp3) is 0.423. The van der Waals surface area contributed by atoms with Gasteiger partial charge >= 0.3 is 5.97 Å². The van der Waals surface area contributed by atoms with Crippen LogP contribution >= 0.6 is 0 Å². The summed E-state index contributed by atoms with van der Waals surface area (Å²) >= 11 is 0. The van der Waals surface area contributed by atoms with Crippen molar-refractivity contribution in [1.82, 2.24) is 10.4 Å².